The van der Waals surface area contributed by atoms with Crippen LogP contribution in [0.2, 0.25) is 0 Å². The van der Waals surface area contributed by atoms with Crippen molar-refractivity contribution < 1.29 is 4.79 Å². The minimum Gasteiger partial charge on any atom is -0.267 e. The lowest BCUT2D eigenvalue weighted by Gasteiger charge is -1.98. The molecule has 1 aliphatic rings. The number of carbonyl (C=O) groups excluding carboxylic acids is 1. The highest BCUT2D eigenvalue weighted by atomic mass is 16.1. The van der Waals surface area contributed by atoms with Crippen LogP contribution in [-0.4, -0.2) is 5.91 Å². The van der Waals surface area contributed by atoms with Crippen molar-refractivity contribution in [1.29, 1.82) is 0 Å². The summed E-state index contributed by atoms with van der Waals surface area (Å²) in [5, 5.41) is 3.56. The van der Waals surface area contributed by atoms with Crippen molar-refractivity contribution in [2.75, 3.05) is 0 Å². The highest BCUT2D eigenvalue weighted by Gasteiger charge is 2.01. The molecule has 0 saturated carbocycles. The average Bonchev–Trinajstić information content (AvgIpc) is 1.64. The summed E-state index contributed by atoms with van der Waals surface area (Å²) in [5.74, 6) is -0.287. The van der Waals surface area contributed by atoms with Gasteiger partial charge in [-0.1, -0.05) is 0 Å². The number of rotatable bonds is 0. The van der Waals surface area contributed by atoms with Crippen molar-refractivity contribution >= 4 is 5.91 Å². The van der Waals surface area contributed by atoms with Crippen LogP contribution >= 0.6 is 0 Å². The summed E-state index contributed by atoms with van der Waals surface area (Å²) in [6.07, 6.45) is 5.72. The molecule has 1 rings (SSSR count). The minimum atomic E-state index is -0.287. The van der Waals surface area contributed by atoms with Gasteiger partial charge in [-0.05, 0) is 19.1 Å². The van der Waals surface area contributed by atoms with Crippen molar-refractivity contribution in [2.45, 2.75) is 6.92 Å². The lowest BCUT2D eigenvalue weighted by Crippen LogP contribution is -2.12. The quantitative estimate of drug-likeness (QED) is 0.440. The summed E-state index contributed by atoms with van der Waals surface area (Å²) < 4.78 is 0. The molecule has 8 heavy (non-hydrogen) atoms. The van der Waals surface area contributed by atoms with E-state index in [4.69, 9.17) is 0 Å². The van der Waals surface area contributed by atoms with Crippen molar-refractivity contribution in [2.24, 2.45) is 0 Å². The first-order valence-corrected chi connectivity index (χ1v) is 2.31. The van der Waals surface area contributed by atoms with Crippen molar-refractivity contribution in [1.82, 2.24) is 5.32 Å². The first kappa shape index (κ1) is 5.09. The maximum absolute atomic E-state index is 10.3. The van der Waals surface area contributed by atoms with E-state index in [0.717, 1.165) is 5.70 Å². The molecule has 1 amide bonds. The Morgan fingerprint density at radius 2 is 2.50 bits per heavy atom. The van der Waals surface area contributed by atoms with Gasteiger partial charge in [0.05, 0.1) is 6.08 Å². The summed E-state index contributed by atoms with van der Waals surface area (Å²) in [5.41, 5.74) is 0.744. The third-order valence-corrected chi connectivity index (χ3v) is 0.809. The van der Waals surface area contributed by atoms with Gasteiger partial charge >= 0.3 is 0 Å². The third-order valence-electron chi connectivity index (χ3n) is 0.809. The largest absolute Gasteiger partial charge is 0.278 e. The highest BCUT2D eigenvalue weighted by Crippen LogP contribution is 1.94. The van der Waals surface area contributed by atoms with E-state index < -0.39 is 0 Å². The van der Waals surface area contributed by atoms with Gasteiger partial charge in [-0.3, -0.25) is 4.79 Å². The lowest BCUT2D eigenvalue weighted by molar-refractivity contribution is -0.116. The SMILES string of the molecule is CC1=CC=[C]C(=O)[N]1. The molecule has 40 valence electrons. The van der Waals surface area contributed by atoms with Gasteiger partial charge in [0.1, 0.15) is 0 Å². The van der Waals surface area contributed by atoms with E-state index in [9.17, 15) is 4.79 Å². The second-order valence-electron chi connectivity index (χ2n) is 1.54. The molecule has 0 aromatic rings. The number of carbonyl (C=O) groups is 1. The van der Waals surface area contributed by atoms with Gasteiger partial charge in [-0.15, -0.1) is 0 Å². The van der Waals surface area contributed by atoms with E-state index >= 15 is 0 Å². The molecule has 2 heteroatoms. The van der Waals surface area contributed by atoms with Crippen molar-refractivity contribution in [3.8, 4) is 0 Å². The Morgan fingerprint density at radius 3 is 2.88 bits per heavy atom. The predicted molar refractivity (Wildman–Crippen MR) is 28.7 cm³/mol. The number of allylic oxidation sites excluding steroid dienone is 3. The monoisotopic (exact) mass is 107 g/mol. The Morgan fingerprint density at radius 1 is 1.75 bits per heavy atom. The zero-order chi connectivity index (χ0) is 5.98. The molecule has 0 saturated heterocycles. The highest BCUT2D eigenvalue weighted by molar-refractivity contribution is 5.86. The second kappa shape index (κ2) is 1.82. The average molecular weight is 107 g/mol. The Hall–Kier alpha value is -1.05. The minimum absolute atomic E-state index is 0.287. The van der Waals surface area contributed by atoms with Crippen molar-refractivity contribution in [3.05, 3.63) is 23.9 Å². The van der Waals surface area contributed by atoms with Crippen LogP contribution in [0, 0.1) is 6.08 Å². The molecule has 0 aliphatic carbocycles. The Labute approximate surface area is 47.9 Å². The molecule has 0 spiro atoms. The van der Waals surface area contributed by atoms with E-state index in [-0.39, 0.29) is 5.91 Å². The van der Waals surface area contributed by atoms with E-state index in [1.807, 2.05) is 0 Å². The molecule has 2 nitrogen and oxygen atoms in total. The fourth-order valence-corrected chi connectivity index (χ4v) is 0.463. The number of amides is 1. The zero-order valence-corrected chi connectivity index (χ0v) is 4.51. The molecule has 2 radical (unpaired) electrons. The molecule has 0 aromatic heterocycles. The Bertz CT molecular complexity index is 167. The molecule has 0 aromatic carbocycles. The van der Waals surface area contributed by atoms with Gasteiger partial charge in [0.2, 0.25) is 0 Å². The topological polar surface area (TPSA) is 31.2 Å². The van der Waals surface area contributed by atoms with Gasteiger partial charge in [-0.2, -0.15) is 0 Å². The summed E-state index contributed by atoms with van der Waals surface area (Å²) in [4.78, 5) is 10.3. The summed E-state index contributed by atoms with van der Waals surface area (Å²) in [7, 11) is 0. The maximum atomic E-state index is 10.3. The molecule has 1 aliphatic heterocycles. The van der Waals surface area contributed by atoms with Crippen LogP contribution in [0.5, 0.6) is 0 Å². The van der Waals surface area contributed by atoms with Crippen LogP contribution in [0.1, 0.15) is 6.92 Å². The van der Waals surface area contributed by atoms with E-state index in [2.05, 4.69) is 11.4 Å². The summed E-state index contributed by atoms with van der Waals surface area (Å²) in [6.45, 7) is 1.77. The molecule has 0 fully saturated rings. The Kier molecular flexibility index (Phi) is 1.16. The summed E-state index contributed by atoms with van der Waals surface area (Å²) >= 11 is 0. The van der Waals surface area contributed by atoms with Crippen LogP contribution in [0.15, 0.2) is 17.8 Å². The van der Waals surface area contributed by atoms with Crippen LogP contribution in [0.25, 0.3) is 0 Å². The fourth-order valence-electron chi connectivity index (χ4n) is 0.463. The van der Waals surface area contributed by atoms with Gasteiger partial charge < -0.3 is 0 Å². The number of nitrogens with zero attached hydrogens (tertiary/aromatic N) is 1. The lowest BCUT2D eigenvalue weighted by atomic mass is 10.3. The van der Waals surface area contributed by atoms with Gasteiger partial charge in [-0.25, -0.2) is 5.32 Å². The van der Waals surface area contributed by atoms with Crippen LogP contribution in [0.4, 0.5) is 0 Å². The van der Waals surface area contributed by atoms with Crippen LogP contribution < -0.4 is 5.32 Å². The van der Waals surface area contributed by atoms with E-state index in [1.54, 1.807) is 19.1 Å². The first-order chi connectivity index (χ1) is 3.79. The maximum Gasteiger partial charge on any atom is 0.278 e. The molecule has 0 N–H and O–H groups in total. The van der Waals surface area contributed by atoms with Crippen LogP contribution in [-0.2, 0) is 4.79 Å². The molecule has 0 atom stereocenters. The second-order valence-corrected chi connectivity index (χ2v) is 1.54. The molecular formula is C6H5NO. The molecule has 1 heterocycles. The van der Waals surface area contributed by atoms with Gasteiger partial charge in [0.25, 0.3) is 5.91 Å². The molecular weight excluding hydrogens is 102 g/mol. The van der Waals surface area contributed by atoms with Crippen LogP contribution in [0.3, 0.4) is 0 Å². The van der Waals surface area contributed by atoms with E-state index in [0.29, 0.717) is 0 Å². The predicted octanol–water partition coefficient (Wildman–Crippen LogP) is 0.394. The standard InChI is InChI=1S/C6H5NO/c1-5-3-2-4-6(8)7-5/h2-3H,1H3. The molecule has 0 unspecified atom stereocenters. The van der Waals surface area contributed by atoms with Crippen molar-refractivity contribution in [3.63, 3.8) is 0 Å². The van der Waals surface area contributed by atoms with Gasteiger partial charge in [0, 0.05) is 5.70 Å². The zero-order valence-electron chi connectivity index (χ0n) is 4.51. The Balaban J connectivity index is 2.73. The van der Waals surface area contributed by atoms with E-state index in [1.165, 1.54) is 0 Å². The molecule has 0 bridgehead atoms. The first-order valence-electron chi connectivity index (χ1n) is 2.31. The summed E-state index contributed by atoms with van der Waals surface area (Å²) in [6, 6.07) is 0. The van der Waals surface area contributed by atoms with Gasteiger partial charge in [0.15, 0.2) is 0 Å². The normalized spacial score (nSPS) is 17.6. The number of hydrogen-bond donors (Lipinski definition) is 0. The number of hydrogen-bond acceptors (Lipinski definition) is 1. The third kappa shape index (κ3) is 0.964. The smallest absolute Gasteiger partial charge is 0.267 e. The fraction of sp³-hybridized carbons (Fsp3) is 0.167.